The molecule has 1 fully saturated rings. The molecule has 0 aliphatic carbocycles. The molecule has 0 unspecified atom stereocenters. The average molecular weight is 515 g/mol. The smallest absolute Gasteiger partial charge is 0.335 e. The molecule has 1 aromatic heterocycles. The zero-order valence-electron chi connectivity index (χ0n) is 21.5. The van der Waals surface area contributed by atoms with Crippen molar-refractivity contribution in [2.75, 3.05) is 26.2 Å². The summed E-state index contributed by atoms with van der Waals surface area (Å²) in [5.74, 6) is 0.00840. The Balaban J connectivity index is 0.000000216. The van der Waals surface area contributed by atoms with Gasteiger partial charge in [0.05, 0.1) is 16.6 Å². The van der Waals surface area contributed by atoms with E-state index in [1.165, 1.54) is 18.7 Å². The first kappa shape index (κ1) is 26.8. The Bertz CT molecular complexity index is 1380. The normalized spacial score (nSPS) is 14.2. The van der Waals surface area contributed by atoms with Crippen LogP contribution in [0.3, 0.4) is 0 Å². The number of rotatable bonds is 7. The predicted molar refractivity (Wildman–Crippen MR) is 149 cm³/mol. The summed E-state index contributed by atoms with van der Waals surface area (Å²) >= 11 is 0. The standard InChI is InChI=1S/C18H18N4O3.C11H16N2/c1-22-15-8-7-13(18(23)24)10-14(15)20-16(22)9-4-11-2-5-12(6-3-11)17(19)21-25;1-2-4-11(5-3-1)10-13-8-6-12-7-9-13/h2-3,5-8,10,25H,4,9H2,1H3,(H2,19,21)(H,23,24);1-5,12H,6-10H2. The first-order valence-corrected chi connectivity index (χ1v) is 12.7. The van der Waals surface area contributed by atoms with Gasteiger partial charge in [0.1, 0.15) is 5.82 Å². The molecule has 1 saturated heterocycles. The highest BCUT2D eigenvalue weighted by atomic mass is 16.4. The van der Waals surface area contributed by atoms with E-state index in [9.17, 15) is 4.79 Å². The van der Waals surface area contributed by atoms with Crippen molar-refractivity contribution in [2.45, 2.75) is 19.4 Å². The van der Waals surface area contributed by atoms with E-state index in [0.717, 1.165) is 49.4 Å². The van der Waals surface area contributed by atoms with Gasteiger partial charge in [-0.3, -0.25) is 4.90 Å². The number of hydrogen-bond acceptors (Lipinski definition) is 6. The van der Waals surface area contributed by atoms with Crippen LogP contribution in [0.2, 0.25) is 0 Å². The third-order valence-corrected chi connectivity index (χ3v) is 6.67. The molecule has 9 nitrogen and oxygen atoms in total. The van der Waals surface area contributed by atoms with Crippen LogP contribution in [0, 0.1) is 0 Å². The number of carboxylic acids is 1. The van der Waals surface area contributed by atoms with E-state index < -0.39 is 5.97 Å². The molecule has 0 bridgehead atoms. The second-order valence-corrected chi connectivity index (χ2v) is 9.29. The minimum absolute atomic E-state index is 0.0798. The molecule has 3 aromatic carbocycles. The third kappa shape index (κ3) is 6.96. The maximum atomic E-state index is 11.1. The van der Waals surface area contributed by atoms with Gasteiger partial charge < -0.3 is 25.9 Å². The number of fused-ring (bicyclic) bond motifs is 1. The van der Waals surface area contributed by atoms with Gasteiger partial charge in [0.2, 0.25) is 0 Å². The highest BCUT2D eigenvalue weighted by Gasteiger charge is 2.11. The lowest BCUT2D eigenvalue weighted by Crippen LogP contribution is -2.42. The van der Waals surface area contributed by atoms with Crippen LogP contribution in [-0.2, 0) is 26.4 Å². The topological polar surface area (TPSA) is 129 Å². The molecule has 0 radical (unpaired) electrons. The number of nitrogens with two attached hydrogens (primary N) is 1. The van der Waals surface area contributed by atoms with Gasteiger partial charge in [-0.2, -0.15) is 0 Å². The molecule has 5 N–H and O–H groups in total. The quantitative estimate of drug-likeness (QED) is 0.129. The molecule has 38 heavy (non-hydrogen) atoms. The molecule has 9 heteroatoms. The summed E-state index contributed by atoms with van der Waals surface area (Å²) in [6.45, 7) is 5.71. The number of oxime groups is 1. The fourth-order valence-corrected chi connectivity index (χ4v) is 4.47. The van der Waals surface area contributed by atoms with Crippen LogP contribution >= 0.6 is 0 Å². The highest BCUT2D eigenvalue weighted by molar-refractivity contribution is 5.97. The summed E-state index contributed by atoms with van der Waals surface area (Å²) in [4.78, 5) is 18.1. The Hall–Kier alpha value is -4.21. The van der Waals surface area contributed by atoms with Crippen molar-refractivity contribution in [1.29, 1.82) is 0 Å². The molecule has 4 aromatic rings. The number of carbonyl (C=O) groups is 1. The Morgan fingerprint density at radius 1 is 0.974 bits per heavy atom. The monoisotopic (exact) mass is 514 g/mol. The fourth-order valence-electron chi connectivity index (χ4n) is 4.47. The molecular weight excluding hydrogens is 480 g/mol. The van der Waals surface area contributed by atoms with Crippen molar-refractivity contribution in [1.82, 2.24) is 19.8 Å². The van der Waals surface area contributed by atoms with Crippen LogP contribution in [0.1, 0.15) is 32.9 Å². The number of hydrogen-bond donors (Lipinski definition) is 4. The first-order valence-electron chi connectivity index (χ1n) is 12.7. The van der Waals surface area contributed by atoms with Crippen LogP contribution in [0.25, 0.3) is 11.0 Å². The van der Waals surface area contributed by atoms with Gasteiger partial charge in [-0.15, -0.1) is 0 Å². The Morgan fingerprint density at radius 2 is 1.66 bits per heavy atom. The largest absolute Gasteiger partial charge is 0.478 e. The van der Waals surface area contributed by atoms with E-state index in [2.05, 4.69) is 50.7 Å². The molecular formula is C29H34N6O3. The second kappa shape index (κ2) is 12.8. The summed E-state index contributed by atoms with van der Waals surface area (Å²) in [6.07, 6.45) is 1.50. The van der Waals surface area contributed by atoms with Crippen molar-refractivity contribution in [3.05, 3.63) is 101 Å². The van der Waals surface area contributed by atoms with Crippen molar-refractivity contribution in [3.63, 3.8) is 0 Å². The number of amidine groups is 1. The third-order valence-electron chi connectivity index (χ3n) is 6.67. The summed E-state index contributed by atoms with van der Waals surface area (Å²) in [7, 11) is 1.92. The number of aromatic nitrogens is 2. The lowest BCUT2D eigenvalue weighted by atomic mass is 10.1. The summed E-state index contributed by atoms with van der Waals surface area (Å²) in [6, 6.07) is 23.1. The number of benzene rings is 3. The fraction of sp³-hybridized carbons (Fsp3) is 0.276. The number of piperazine rings is 1. The summed E-state index contributed by atoms with van der Waals surface area (Å²) in [5.41, 5.74) is 10.6. The van der Waals surface area contributed by atoms with E-state index in [0.29, 0.717) is 11.1 Å². The molecule has 0 saturated carbocycles. The van der Waals surface area contributed by atoms with Crippen molar-refractivity contribution in [3.8, 4) is 0 Å². The molecule has 1 aliphatic heterocycles. The molecule has 5 rings (SSSR count). The van der Waals surface area contributed by atoms with Gasteiger partial charge >= 0.3 is 5.97 Å². The number of carboxylic acid groups (broad SMARTS) is 1. The van der Waals surface area contributed by atoms with Crippen LogP contribution in [0.4, 0.5) is 0 Å². The zero-order valence-corrected chi connectivity index (χ0v) is 21.5. The lowest BCUT2D eigenvalue weighted by Gasteiger charge is -2.27. The zero-order chi connectivity index (χ0) is 26.9. The van der Waals surface area contributed by atoms with Crippen LogP contribution in [0.15, 0.2) is 78.0 Å². The molecule has 0 atom stereocenters. The SMILES string of the molecule is Cn1c(CCc2ccc(C(N)=NO)cc2)nc2cc(C(=O)O)ccc21.c1ccc(CN2CCNCC2)cc1. The van der Waals surface area contributed by atoms with E-state index in [1.807, 2.05) is 23.7 Å². The maximum Gasteiger partial charge on any atom is 0.335 e. The van der Waals surface area contributed by atoms with Crippen LogP contribution in [0.5, 0.6) is 0 Å². The second-order valence-electron chi connectivity index (χ2n) is 9.29. The van der Waals surface area contributed by atoms with Crippen LogP contribution < -0.4 is 11.1 Å². The number of nitrogens with one attached hydrogen (secondary N) is 1. The van der Waals surface area contributed by atoms with Gasteiger partial charge in [0.15, 0.2) is 5.84 Å². The van der Waals surface area contributed by atoms with Gasteiger partial charge in [-0.1, -0.05) is 59.8 Å². The van der Waals surface area contributed by atoms with E-state index in [1.54, 1.807) is 30.3 Å². The summed E-state index contributed by atoms with van der Waals surface area (Å²) < 4.78 is 1.98. The molecule has 1 aliphatic rings. The predicted octanol–water partition coefficient (Wildman–Crippen LogP) is 3.24. The average Bonchev–Trinajstić information content (AvgIpc) is 3.27. The van der Waals surface area contributed by atoms with Crippen molar-refractivity contribution in [2.24, 2.45) is 17.9 Å². The van der Waals surface area contributed by atoms with E-state index in [-0.39, 0.29) is 11.4 Å². The van der Waals surface area contributed by atoms with Gasteiger partial charge in [-0.25, -0.2) is 9.78 Å². The number of imidazole rings is 1. The lowest BCUT2D eigenvalue weighted by molar-refractivity contribution is 0.0697. The maximum absolute atomic E-state index is 11.1. The first-order chi connectivity index (χ1) is 18.4. The Morgan fingerprint density at radius 3 is 2.32 bits per heavy atom. The molecule has 0 amide bonds. The summed E-state index contributed by atoms with van der Waals surface area (Å²) in [5, 5.41) is 24.1. The van der Waals surface area contributed by atoms with Crippen molar-refractivity contribution >= 4 is 22.8 Å². The van der Waals surface area contributed by atoms with E-state index in [4.69, 9.17) is 16.0 Å². The number of nitrogens with zero attached hydrogens (tertiary/aromatic N) is 4. The van der Waals surface area contributed by atoms with Crippen LogP contribution in [-0.4, -0.2) is 62.7 Å². The molecule has 0 spiro atoms. The van der Waals surface area contributed by atoms with Crippen molar-refractivity contribution < 1.29 is 15.1 Å². The van der Waals surface area contributed by atoms with Gasteiger partial charge in [-0.05, 0) is 35.7 Å². The Labute approximate surface area is 222 Å². The molecule has 2 heterocycles. The molecule has 198 valence electrons. The number of aromatic carboxylic acids is 1. The van der Waals surface area contributed by atoms with Gasteiger partial charge in [0, 0.05) is 51.8 Å². The van der Waals surface area contributed by atoms with Gasteiger partial charge in [0.25, 0.3) is 0 Å². The minimum Gasteiger partial charge on any atom is -0.478 e. The highest BCUT2D eigenvalue weighted by Crippen LogP contribution is 2.18. The Kier molecular flexibility index (Phi) is 9.07. The minimum atomic E-state index is -0.958. The number of aryl methyl sites for hydroxylation is 3. The van der Waals surface area contributed by atoms with E-state index >= 15 is 0 Å².